The van der Waals surface area contributed by atoms with Gasteiger partial charge in [0.15, 0.2) is 18.1 Å². The van der Waals surface area contributed by atoms with E-state index in [0.29, 0.717) is 30.4 Å². The van der Waals surface area contributed by atoms with E-state index in [1.54, 1.807) is 63.5 Å². The first-order valence-electron chi connectivity index (χ1n) is 20.7. The van der Waals surface area contributed by atoms with Crippen molar-refractivity contribution >= 4 is 40.1 Å². The van der Waals surface area contributed by atoms with Crippen LogP contribution >= 0.6 is 0 Å². The summed E-state index contributed by atoms with van der Waals surface area (Å²) in [6.07, 6.45) is 7.02. The number of aliphatic hydroxyl groups is 2. The predicted octanol–water partition coefficient (Wildman–Crippen LogP) is 4.70. The molecule has 0 radical (unpaired) electrons. The number of fused-ring (bicyclic) bond motifs is 6. The number of nitrogens with zero attached hydrogens (tertiary/aromatic N) is 1. The van der Waals surface area contributed by atoms with Gasteiger partial charge in [0.2, 0.25) is 5.78 Å². The van der Waals surface area contributed by atoms with Crippen LogP contribution in [-0.4, -0.2) is 81.1 Å². The third kappa shape index (κ3) is 7.33. The van der Waals surface area contributed by atoms with Gasteiger partial charge in [-0.2, -0.15) is 0 Å². The SMILES string of the molecule is C[C@@H]1C[C@H]2[C@@H]3CCC4=CC(=O)C=C[C@]4(C)[C@@]3(F)[C@@H](O)C[C@]2(C)[C@@]1(O)C(=O)COC(=O)CC[C@H](N)C(=O)OCc1ccc([C@@H](CN)C(=O)Cc2ccc3cnccc3c2)cc1. The second-order valence-electron chi connectivity index (χ2n) is 17.7. The maximum Gasteiger partial charge on any atom is 0.323 e. The summed E-state index contributed by atoms with van der Waals surface area (Å²) in [5.74, 6) is -4.82. The third-order valence-corrected chi connectivity index (χ3v) is 14.4. The lowest BCUT2D eigenvalue weighted by Crippen LogP contribution is -2.69. The maximum absolute atomic E-state index is 17.5. The summed E-state index contributed by atoms with van der Waals surface area (Å²) in [4.78, 5) is 68.8. The minimum Gasteiger partial charge on any atom is -0.460 e. The van der Waals surface area contributed by atoms with Crippen molar-refractivity contribution in [3.8, 4) is 0 Å². The van der Waals surface area contributed by atoms with Gasteiger partial charge in [0.25, 0.3) is 0 Å². The Morgan fingerprint density at radius 1 is 1.02 bits per heavy atom. The molecule has 0 unspecified atom stereocenters. The highest BCUT2D eigenvalue weighted by atomic mass is 19.1. The highest BCUT2D eigenvalue weighted by Crippen LogP contribution is 2.70. The van der Waals surface area contributed by atoms with E-state index in [0.717, 1.165) is 21.9 Å². The molecule has 4 aliphatic carbocycles. The fraction of sp³-hybridized carbons (Fsp3) is 0.489. The molecule has 10 atom stereocenters. The fourth-order valence-corrected chi connectivity index (χ4v) is 11.0. The number of ether oxygens (including phenoxy) is 2. The van der Waals surface area contributed by atoms with Crippen LogP contribution in [0.1, 0.15) is 81.9 Å². The molecule has 13 heteroatoms. The van der Waals surface area contributed by atoms with E-state index in [4.69, 9.17) is 20.9 Å². The number of pyridine rings is 1. The first-order valence-corrected chi connectivity index (χ1v) is 20.7. The summed E-state index contributed by atoms with van der Waals surface area (Å²) in [6.45, 7) is 4.42. The number of aliphatic hydroxyl groups excluding tert-OH is 1. The highest BCUT2D eigenvalue weighted by Gasteiger charge is 2.75. The second-order valence-corrected chi connectivity index (χ2v) is 17.7. The van der Waals surface area contributed by atoms with Crippen LogP contribution in [-0.2, 0) is 46.5 Å². The van der Waals surface area contributed by atoms with Gasteiger partial charge in [-0.1, -0.05) is 68.0 Å². The van der Waals surface area contributed by atoms with Gasteiger partial charge in [-0.05, 0) is 91.2 Å². The number of carbonyl (C=O) groups excluding carboxylic acids is 5. The number of carbonyl (C=O) groups is 5. The predicted molar refractivity (Wildman–Crippen MR) is 220 cm³/mol. The number of hydrogen-bond acceptors (Lipinski definition) is 12. The Morgan fingerprint density at radius 3 is 2.48 bits per heavy atom. The second kappa shape index (κ2) is 16.5. The number of alkyl halides is 1. The number of allylic oxidation sites excluding steroid dienone is 4. The summed E-state index contributed by atoms with van der Waals surface area (Å²) in [5, 5.41) is 25.7. The molecular weight excluding hydrogens is 770 g/mol. The van der Waals surface area contributed by atoms with Crippen molar-refractivity contribution < 1.29 is 48.0 Å². The Labute approximate surface area is 348 Å². The normalized spacial score (nSPS) is 31.6. The van der Waals surface area contributed by atoms with Crippen LogP contribution in [0.15, 0.2) is 84.7 Å². The lowest BCUT2D eigenvalue weighted by molar-refractivity contribution is -0.220. The van der Waals surface area contributed by atoms with Crippen molar-refractivity contribution in [1.82, 2.24) is 4.98 Å². The largest absolute Gasteiger partial charge is 0.460 e. The van der Waals surface area contributed by atoms with Crippen molar-refractivity contribution in [2.45, 2.75) is 102 Å². The first-order chi connectivity index (χ1) is 28.5. The Bertz CT molecular complexity index is 2260. The van der Waals surface area contributed by atoms with Crippen molar-refractivity contribution in [2.24, 2.45) is 40.1 Å². The van der Waals surface area contributed by atoms with Crippen molar-refractivity contribution in [3.63, 3.8) is 0 Å². The molecule has 3 fully saturated rings. The number of rotatable bonds is 14. The topological polar surface area (TPSA) is 209 Å². The van der Waals surface area contributed by atoms with Crippen molar-refractivity contribution in [3.05, 3.63) is 101 Å². The molecule has 60 heavy (non-hydrogen) atoms. The Hall–Kier alpha value is -4.95. The molecule has 0 bridgehead atoms. The zero-order valence-electron chi connectivity index (χ0n) is 34.3. The minimum atomic E-state index is -2.11. The maximum atomic E-state index is 17.5. The molecule has 4 aliphatic rings. The average molecular weight is 824 g/mol. The van der Waals surface area contributed by atoms with Gasteiger partial charge in [0.1, 0.15) is 24.0 Å². The number of aromatic nitrogens is 1. The van der Waals surface area contributed by atoms with Gasteiger partial charge in [-0.15, -0.1) is 0 Å². The fourth-order valence-electron chi connectivity index (χ4n) is 11.0. The molecule has 6 N–H and O–H groups in total. The lowest BCUT2D eigenvalue weighted by Gasteiger charge is -2.62. The highest BCUT2D eigenvalue weighted by molar-refractivity contribution is 6.01. The molecule has 318 valence electrons. The van der Waals surface area contributed by atoms with Crippen LogP contribution in [0.5, 0.6) is 0 Å². The van der Waals surface area contributed by atoms with Crippen LogP contribution < -0.4 is 11.5 Å². The number of Topliss-reactive ketones (excluding diaryl/α,β-unsaturated/α-hetero) is 2. The minimum absolute atomic E-state index is 0.0209. The third-order valence-electron chi connectivity index (χ3n) is 14.4. The smallest absolute Gasteiger partial charge is 0.323 e. The molecule has 1 aromatic heterocycles. The lowest BCUT2D eigenvalue weighted by atomic mass is 9.44. The number of halogens is 1. The number of hydrogen-bond donors (Lipinski definition) is 4. The van der Waals surface area contributed by atoms with Crippen molar-refractivity contribution in [1.29, 1.82) is 0 Å². The van der Waals surface area contributed by atoms with Crippen LogP contribution in [0.4, 0.5) is 4.39 Å². The van der Waals surface area contributed by atoms with Gasteiger partial charge >= 0.3 is 11.9 Å². The summed E-state index contributed by atoms with van der Waals surface area (Å²) >= 11 is 0. The van der Waals surface area contributed by atoms with Crippen LogP contribution in [0.3, 0.4) is 0 Å². The summed E-state index contributed by atoms with van der Waals surface area (Å²) < 4.78 is 28.1. The standard InChI is InChI=1S/C47H54FN3O9/c1-27-18-37-36-11-10-33-21-34(52)14-16-44(33,2)46(36,48)40(54)22-45(37,3)47(27,58)41(55)26-59-42(56)13-12-38(50)43(57)60-25-28-4-7-30(8-5-28)35(23-49)39(53)20-29-6-9-32-24-51-17-15-31(32)19-29/h4-9,14-17,19,21,24,27,35-38,40,54,58H,10-13,18,20,22-23,25-26,49-50H2,1-3H3/t27-,35-,36+,37+,38+,40+,44+,45+,46+,47+/m1/s1. The zero-order valence-corrected chi connectivity index (χ0v) is 34.3. The van der Waals surface area contributed by atoms with E-state index in [9.17, 15) is 34.2 Å². The molecule has 7 rings (SSSR count). The quantitative estimate of drug-likeness (QED) is 0.163. The van der Waals surface area contributed by atoms with E-state index in [1.165, 1.54) is 12.2 Å². The molecular formula is C47H54FN3O9. The van der Waals surface area contributed by atoms with Crippen LogP contribution in [0.2, 0.25) is 0 Å². The number of benzene rings is 2. The molecule has 1 heterocycles. The molecule has 3 aromatic rings. The zero-order chi connectivity index (χ0) is 43.2. The van der Waals surface area contributed by atoms with Gasteiger partial charge in [0, 0.05) is 53.9 Å². The molecule has 0 spiro atoms. The Kier molecular flexibility index (Phi) is 11.9. The summed E-state index contributed by atoms with van der Waals surface area (Å²) in [6, 6.07) is 13.6. The monoisotopic (exact) mass is 823 g/mol. The summed E-state index contributed by atoms with van der Waals surface area (Å²) in [5.41, 5.74) is 8.43. The van der Waals surface area contributed by atoms with E-state index in [-0.39, 0.29) is 50.4 Å². The number of ketones is 3. The van der Waals surface area contributed by atoms with Gasteiger partial charge < -0.3 is 31.2 Å². The Balaban J connectivity index is 0.883. The number of esters is 2. The van der Waals surface area contributed by atoms with Crippen molar-refractivity contribution in [2.75, 3.05) is 13.2 Å². The molecule has 0 aliphatic heterocycles. The van der Waals surface area contributed by atoms with E-state index in [1.807, 2.05) is 24.3 Å². The van der Waals surface area contributed by atoms with E-state index in [2.05, 4.69) is 4.98 Å². The molecule has 0 saturated heterocycles. The molecule has 0 amide bonds. The molecule has 2 aromatic carbocycles. The Morgan fingerprint density at radius 2 is 1.75 bits per heavy atom. The number of nitrogens with two attached hydrogens (primary N) is 2. The van der Waals surface area contributed by atoms with Gasteiger partial charge in [-0.25, -0.2) is 4.39 Å². The molecule has 12 nitrogen and oxygen atoms in total. The van der Waals surface area contributed by atoms with Gasteiger partial charge in [-0.3, -0.25) is 29.0 Å². The van der Waals surface area contributed by atoms with Gasteiger partial charge in [0.05, 0.1) is 12.0 Å². The van der Waals surface area contributed by atoms with Crippen LogP contribution in [0.25, 0.3) is 10.8 Å². The first kappa shape index (κ1) is 43.1. The summed E-state index contributed by atoms with van der Waals surface area (Å²) in [7, 11) is 0. The van der Waals surface area contributed by atoms with E-state index >= 15 is 4.39 Å². The molecule has 3 saturated carbocycles. The average Bonchev–Trinajstić information content (AvgIpc) is 3.43. The van der Waals surface area contributed by atoms with E-state index < -0.39 is 82.2 Å². The van der Waals surface area contributed by atoms with Crippen LogP contribution in [0, 0.1) is 28.6 Å².